The van der Waals surface area contributed by atoms with Crippen molar-refractivity contribution in [1.82, 2.24) is 10.2 Å². The first kappa shape index (κ1) is 6.22. The molecule has 0 amide bonds. The van der Waals surface area contributed by atoms with Crippen molar-refractivity contribution in [1.29, 1.82) is 10.8 Å². The number of piperazine rings is 1. The van der Waals surface area contributed by atoms with Gasteiger partial charge in [-0.2, -0.15) is 0 Å². The number of rotatable bonds is 1. The first-order valence-electron chi connectivity index (χ1n) is 2.90. The summed E-state index contributed by atoms with van der Waals surface area (Å²) in [6.07, 6.45) is 1.20. The fraction of sp³-hybridized carbons (Fsp3) is 0.600. The third-order valence-electron chi connectivity index (χ3n) is 1.32. The van der Waals surface area contributed by atoms with Gasteiger partial charge in [0.1, 0.15) is 5.84 Å². The Hall–Kier alpha value is -0.900. The molecule has 0 aromatic heterocycles. The SMILES string of the molecule is N=CN1CCNCC1=N. The van der Waals surface area contributed by atoms with E-state index >= 15 is 0 Å². The second kappa shape index (κ2) is 2.59. The van der Waals surface area contributed by atoms with Gasteiger partial charge in [-0.05, 0) is 0 Å². The van der Waals surface area contributed by atoms with E-state index in [-0.39, 0.29) is 0 Å². The molecule has 1 aliphatic rings. The molecule has 4 heteroatoms. The predicted molar refractivity (Wildman–Crippen MR) is 36.1 cm³/mol. The molecule has 0 atom stereocenters. The van der Waals surface area contributed by atoms with Crippen molar-refractivity contribution >= 4 is 12.2 Å². The predicted octanol–water partition coefficient (Wildman–Crippen LogP) is -0.524. The number of nitrogens with zero attached hydrogens (tertiary/aromatic N) is 1. The molecule has 4 nitrogen and oxygen atoms in total. The number of hydrogen-bond acceptors (Lipinski definition) is 3. The summed E-state index contributed by atoms with van der Waals surface area (Å²) in [5, 5.41) is 17.1. The van der Waals surface area contributed by atoms with Crippen LogP contribution in [0.25, 0.3) is 0 Å². The molecule has 0 aliphatic carbocycles. The summed E-state index contributed by atoms with van der Waals surface area (Å²) in [7, 11) is 0. The summed E-state index contributed by atoms with van der Waals surface area (Å²) in [5.74, 6) is 0.483. The summed E-state index contributed by atoms with van der Waals surface area (Å²) in [6, 6.07) is 0. The van der Waals surface area contributed by atoms with Gasteiger partial charge in [-0.15, -0.1) is 0 Å². The smallest absolute Gasteiger partial charge is 0.115 e. The van der Waals surface area contributed by atoms with Gasteiger partial charge < -0.3 is 10.2 Å². The van der Waals surface area contributed by atoms with Gasteiger partial charge in [0.15, 0.2) is 0 Å². The van der Waals surface area contributed by atoms with Crippen LogP contribution < -0.4 is 5.32 Å². The van der Waals surface area contributed by atoms with Gasteiger partial charge in [0, 0.05) is 13.1 Å². The summed E-state index contributed by atoms with van der Waals surface area (Å²) >= 11 is 0. The largest absolute Gasteiger partial charge is 0.319 e. The molecule has 0 radical (unpaired) electrons. The highest BCUT2D eigenvalue weighted by molar-refractivity contribution is 5.90. The van der Waals surface area contributed by atoms with Crippen molar-refractivity contribution in [3.63, 3.8) is 0 Å². The van der Waals surface area contributed by atoms with Gasteiger partial charge in [-0.1, -0.05) is 0 Å². The quantitative estimate of drug-likeness (QED) is 0.327. The van der Waals surface area contributed by atoms with E-state index in [0.717, 1.165) is 13.1 Å². The lowest BCUT2D eigenvalue weighted by atomic mass is 10.4. The minimum Gasteiger partial charge on any atom is -0.319 e. The van der Waals surface area contributed by atoms with E-state index in [4.69, 9.17) is 10.8 Å². The van der Waals surface area contributed by atoms with Crippen molar-refractivity contribution in [2.75, 3.05) is 19.6 Å². The Morgan fingerprint density at radius 2 is 2.44 bits per heavy atom. The van der Waals surface area contributed by atoms with Crippen LogP contribution in [0, 0.1) is 10.8 Å². The highest BCUT2D eigenvalue weighted by Gasteiger charge is 2.10. The van der Waals surface area contributed by atoms with Crippen LogP contribution in [0.15, 0.2) is 0 Å². The lowest BCUT2D eigenvalue weighted by molar-refractivity contribution is 0.522. The highest BCUT2D eigenvalue weighted by atomic mass is 15.2. The number of nitrogens with one attached hydrogen (secondary N) is 3. The van der Waals surface area contributed by atoms with Crippen molar-refractivity contribution in [3.8, 4) is 0 Å². The van der Waals surface area contributed by atoms with Gasteiger partial charge in [0.25, 0.3) is 0 Å². The van der Waals surface area contributed by atoms with Crippen LogP contribution in [0.2, 0.25) is 0 Å². The molecule has 0 aromatic rings. The minimum absolute atomic E-state index is 0.483. The third-order valence-corrected chi connectivity index (χ3v) is 1.32. The normalized spacial score (nSPS) is 20.0. The van der Waals surface area contributed by atoms with Gasteiger partial charge in [0.05, 0.1) is 12.9 Å². The van der Waals surface area contributed by atoms with E-state index in [2.05, 4.69) is 5.32 Å². The van der Waals surface area contributed by atoms with Crippen LogP contribution in [0.5, 0.6) is 0 Å². The molecular formula is C5H10N4. The molecule has 1 rings (SSSR count). The van der Waals surface area contributed by atoms with E-state index in [1.807, 2.05) is 0 Å². The first-order valence-corrected chi connectivity index (χ1v) is 2.90. The Morgan fingerprint density at radius 1 is 1.67 bits per heavy atom. The van der Waals surface area contributed by atoms with E-state index in [9.17, 15) is 0 Å². The molecule has 3 N–H and O–H groups in total. The molecule has 1 aliphatic heterocycles. The molecule has 0 aromatic carbocycles. The molecule has 0 spiro atoms. The molecule has 0 bridgehead atoms. The van der Waals surface area contributed by atoms with Crippen LogP contribution in [0.4, 0.5) is 0 Å². The van der Waals surface area contributed by atoms with Crippen LogP contribution in [0.1, 0.15) is 0 Å². The average molecular weight is 126 g/mol. The van der Waals surface area contributed by atoms with Gasteiger partial charge in [-0.25, -0.2) is 0 Å². The summed E-state index contributed by atoms with van der Waals surface area (Å²) < 4.78 is 0. The highest BCUT2D eigenvalue weighted by Crippen LogP contribution is 1.88. The van der Waals surface area contributed by atoms with E-state index in [1.165, 1.54) is 6.34 Å². The molecule has 1 heterocycles. The molecular weight excluding hydrogens is 116 g/mol. The van der Waals surface area contributed by atoms with Gasteiger partial charge >= 0.3 is 0 Å². The molecule has 0 unspecified atom stereocenters. The zero-order valence-electron chi connectivity index (χ0n) is 5.15. The van der Waals surface area contributed by atoms with Crippen LogP contribution in [-0.2, 0) is 0 Å². The fourth-order valence-electron chi connectivity index (χ4n) is 0.785. The Bertz CT molecular complexity index is 131. The topological polar surface area (TPSA) is 63.0 Å². The minimum atomic E-state index is 0.483. The van der Waals surface area contributed by atoms with Crippen molar-refractivity contribution < 1.29 is 0 Å². The molecule has 0 saturated carbocycles. The zero-order chi connectivity index (χ0) is 6.69. The molecule has 1 fully saturated rings. The van der Waals surface area contributed by atoms with Crippen LogP contribution in [-0.4, -0.2) is 36.7 Å². The third kappa shape index (κ3) is 1.26. The zero-order valence-corrected chi connectivity index (χ0v) is 5.15. The second-order valence-corrected chi connectivity index (χ2v) is 1.95. The fourth-order valence-corrected chi connectivity index (χ4v) is 0.785. The second-order valence-electron chi connectivity index (χ2n) is 1.95. The maximum Gasteiger partial charge on any atom is 0.115 e. The van der Waals surface area contributed by atoms with Crippen molar-refractivity contribution in [2.45, 2.75) is 0 Å². The molecule has 1 saturated heterocycles. The lowest BCUT2D eigenvalue weighted by Gasteiger charge is -2.24. The van der Waals surface area contributed by atoms with Gasteiger partial charge in [0.2, 0.25) is 0 Å². The van der Waals surface area contributed by atoms with E-state index in [0.29, 0.717) is 12.4 Å². The number of amidine groups is 1. The first-order chi connectivity index (χ1) is 4.34. The summed E-state index contributed by atoms with van der Waals surface area (Å²) in [5.41, 5.74) is 0. The van der Waals surface area contributed by atoms with E-state index < -0.39 is 0 Å². The Kier molecular flexibility index (Phi) is 1.79. The average Bonchev–Trinajstić information content (AvgIpc) is 1.89. The summed E-state index contributed by atoms with van der Waals surface area (Å²) in [6.45, 7) is 2.22. The Labute approximate surface area is 53.9 Å². The lowest BCUT2D eigenvalue weighted by Crippen LogP contribution is -2.46. The van der Waals surface area contributed by atoms with Crippen LogP contribution in [0.3, 0.4) is 0 Å². The van der Waals surface area contributed by atoms with Crippen molar-refractivity contribution in [2.24, 2.45) is 0 Å². The van der Waals surface area contributed by atoms with Gasteiger partial charge in [-0.3, -0.25) is 10.8 Å². The summed E-state index contributed by atoms with van der Waals surface area (Å²) in [4.78, 5) is 1.62. The van der Waals surface area contributed by atoms with Crippen molar-refractivity contribution in [3.05, 3.63) is 0 Å². The maximum atomic E-state index is 7.26. The standard InChI is InChI=1S/C5H10N4/c6-4-9-2-1-8-3-5(9)7/h4,6-8H,1-3H2. The Morgan fingerprint density at radius 3 is 2.89 bits per heavy atom. The monoisotopic (exact) mass is 126 g/mol. The van der Waals surface area contributed by atoms with Crippen LogP contribution >= 0.6 is 0 Å². The maximum absolute atomic E-state index is 7.26. The molecule has 50 valence electrons. The Balaban J connectivity index is 2.48. The number of hydrogen-bond donors (Lipinski definition) is 3. The van der Waals surface area contributed by atoms with E-state index in [1.54, 1.807) is 4.90 Å². The molecule has 9 heavy (non-hydrogen) atoms.